The van der Waals surface area contributed by atoms with Crippen molar-refractivity contribution >= 4 is 17.1 Å². The van der Waals surface area contributed by atoms with Gasteiger partial charge < -0.3 is 15.0 Å². The van der Waals surface area contributed by atoms with Gasteiger partial charge in [-0.25, -0.2) is 4.52 Å². The van der Waals surface area contributed by atoms with Gasteiger partial charge in [0.25, 0.3) is 5.91 Å². The van der Waals surface area contributed by atoms with Gasteiger partial charge in [0.05, 0.1) is 23.9 Å². The summed E-state index contributed by atoms with van der Waals surface area (Å²) in [7, 11) is 0. The van der Waals surface area contributed by atoms with Gasteiger partial charge in [-0.05, 0) is 31.4 Å². The van der Waals surface area contributed by atoms with Crippen LogP contribution in [0.4, 0.5) is 5.69 Å². The molecule has 1 unspecified atom stereocenters. The molecule has 2 fully saturated rings. The predicted molar refractivity (Wildman–Crippen MR) is 87.9 cm³/mol. The molecule has 2 aliphatic heterocycles. The van der Waals surface area contributed by atoms with Gasteiger partial charge in [-0.1, -0.05) is 0 Å². The zero-order chi connectivity index (χ0) is 15.6. The predicted octanol–water partition coefficient (Wildman–Crippen LogP) is 1.70. The molecular formula is C17H22N4O2. The van der Waals surface area contributed by atoms with E-state index in [0.29, 0.717) is 18.0 Å². The molecule has 0 aliphatic carbocycles. The fourth-order valence-electron chi connectivity index (χ4n) is 3.39. The van der Waals surface area contributed by atoms with Crippen molar-refractivity contribution in [3.05, 3.63) is 30.1 Å². The summed E-state index contributed by atoms with van der Waals surface area (Å²) in [5, 5.41) is 7.32. The number of amides is 1. The first-order chi connectivity index (χ1) is 11.3. The lowest BCUT2D eigenvalue weighted by atomic mass is 10.1. The van der Waals surface area contributed by atoms with E-state index >= 15 is 0 Å². The third-order valence-electron chi connectivity index (χ3n) is 4.80. The Morgan fingerprint density at radius 3 is 3.04 bits per heavy atom. The summed E-state index contributed by atoms with van der Waals surface area (Å²) in [6.45, 7) is 4.40. The number of nitrogens with one attached hydrogen (secondary N) is 1. The lowest BCUT2D eigenvalue weighted by Crippen LogP contribution is -2.29. The zero-order valence-corrected chi connectivity index (χ0v) is 13.2. The van der Waals surface area contributed by atoms with Gasteiger partial charge in [-0.3, -0.25) is 4.79 Å². The number of carbonyl (C=O) groups is 1. The molecule has 0 aromatic carbocycles. The van der Waals surface area contributed by atoms with Crippen LogP contribution in [-0.2, 0) is 4.74 Å². The van der Waals surface area contributed by atoms with Crippen LogP contribution < -0.4 is 10.2 Å². The second kappa shape index (κ2) is 6.20. The van der Waals surface area contributed by atoms with Crippen LogP contribution >= 0.6 is 0 Å². The maximum absolute atomic E-state index is 12.5. The van der Waals surface area contributed by atoms with E-state index in [1.54, 1.807) is 10.7 Å². The summed E-state index contributed by atoms with van der Waals surface area (Å²) in [4.78, 5) is 14.9. The van der Waals surface area contributed by atoms with Crippen molar-refractivity contribution in [2.45, 2.75) is 19.3 Å². The third kappa shape index (κ3) is 2.91. The number of aromatic nitrogens is 2. The molecule has 6 heteroatoms. The van der Waals surface area contributed by atoms with Crippen LogP contribution in [0.15, 0.2) is 24.5 Å². The highest BCUT2D eigenvalue weighted by Crippen LogP contribution is 2.23. The third-order valence-corrected chi connectivity index (χ3v) is 4.80. The quantitative estimate of drug-likeness (QED) is 0.933. The standard InChI is InChI=1S/C17H22N4O2/c22-17(18-10-13-4-8-23-12-13)15-11-19-21-7-3-14(9-16(15)21)20-5-1-2-6-20/h3,7,9,11,13H,1-2,4-6,8,10,12H2,(H,18,22). The smallest absolute Gasteiger partial charge is 0.255 e. The fourth-order valence-corrected chi connectivity index (χ4v) is 3.39. The number of hydrogen-bond acceptors (Lipinski definition) is 4. The molecule has 0 radical (unpaired) electrons. The van der Waals surface area contributed by atoms with E-state index in [2.05, 4.69) is 27.4 Å². The Balaban J connectivity index is 1.53. The van der Waals surface area contributed by atoms with Crippen LogP contribution in [-0.4, -0.2) is 48.4 Å². The molecule has 0 bridgehead atoms. The Bertz CT molecular complexity index is 700. The molecule has 2 aromatic rings. The number of ether oxygens (including phenoxy) is 1. The Morgan fingerprint density at radius 2 is 2.26 bits per heavy atom. The molecule has 4 rings (SSSR count). The first-order valence-corrected chi connectivity index (χ1v) is 8.39. The van der Waals surface area contributed by atoms with Gasteiger partial charge in [-0.2, -0.15) is 5.10 Å². The van der Waals surface area contributed by atoms with E-state index in [1.807, 2.05) is 6.20 Å². The molecule has 0 spiro atoms. The van der Waals surface area contributed by atoms with Gasteiger partial charge >= 0.3 is 0 Å². The minimum Gasteiger partial charge on any atom is -0.381 e. The second-order valence-electron chi connectivity index (χ2n) is 6.41. The molecule has 2 saturated heterocycles. The molecule has 1 N–H and O–H groups in total. The normalized spacial score (nSPS) is 21.2. The van der Waals surface area contributed by atoms with Crippen molar-refractivity contribution in [3.8, 4) is 0 Å². The van der Waals surface area contributed by atoms with Crippen LogP contribution in [0.3, 0.4) is 0 Å². The largest absolute Gasteiger partial charge is 0.381 e. The molecule has 6 nitrogen and oxygen atoms in total. The van der Waals surface area contributed by atoms with E-state index in [4.69, 9.17) is 4.74 Å². The highest BCUT2D eigenvalue weighted by Gasteiger charge is 2.19. The van der Waals surface area contributed by atoms with Gasteiger partial charge in [0.1, 0.15) is 0 Å². The van der Waals surface area contributed by atoms with E-state index in [1.165, 1.54) is 18.5 Å². The molecule has 1 amide bonds. The molecule has 4 heterocycles. The number of nitrogens with zero attached hydrogens (tertiary/aromatic N) is 3. The molecule has 2 aliphatic rings. The molecule has 23 heavy (non-hydrogen) atoms. The molecule has 0 saturated carbocycles. The summed E-state index contributed by atoms with van der Waals surface area (Å²) in [5.41, 5.74) is 2.69. The summed E-state index contributed by atoms with van der Waals surface area (Å²) in [6, 6.07) is 4.15. The molecule has 1 atom stereocenters. The highest BCUT2D eigenvalue weighted by atomic mass is 16.5. The second-order valence-corrected chi connectivity index (χ2v) is 6.41. The van der Waals surface area contributed by atoms with Crippen molar-refractivity contribution in [3.63, 3.8) is 0 Å². The minimum atomic E-state index is -0.0505. The minimum absolute atomic E-state index is 0.0505. The van der Waals surface area contributed by atoms with Crippen molar-refractivity contribution < 1.29 is 9.53 Å². The Hall–Kier alpha value is -2.08. The van der Waals surface area contributed by atoms with Gasteiger partial charge in [0.15, 0.2) is 0 Å². The number of pyridine rings is 1. The van der Waals surface area contributed by atoms with Crippen molar-refractivity contribution in [1.29, 1.82) is 0 Å². The van der Waals surface area contributed by atoms with E-state index in [9.17, 15) is 4.79 Å². The summed E-state index contributed by atoms with van der Waals surface area (Å²) in [5.74, 6) is 0.381. The average Bonchev–Trinajstić information content (AvgIpc) is 3.32. The van der Waals surface area contributed by atoms with Crippen molar-refractivity contribution in [2.24, 2.45) is 5.92 Å². The Labute approximate surface area is 135 Å². The van der Waals surface area contributed by atoms with Crippen LogP contribution in [0.5, 0.6) is 0 Å². The number of fused-ring (bicyclic) bond motifs is 1. The molecule has 122 valence electrons. The molecular weight excluding hydrogens is 292 g/mol. The SMILES string of the molecule is O=C(NCC1CCOC1)c1cnn2ccc(N3CCCC3)cc12. The zero-order valence-electron chi connectivity index (χ0n) is 13.2. The van der Waals surface area contributed by atoms with Gasteiger partial charge in [-0.15, -0.1) is 0 Å². The van der Waals surface area contributed by atoms with Crippen molar-refractivity contribution in [2.75, 3.05) is 37.7 Å². The first kappa shape index (κ1) is 14.5. The summed E-state index contributed by atoms with van der Waals surface area (Å²) >= 11 is 0. The van der Waals surface area contributed by atoms with Crippen LogP contribution in [0.2, 0.25) is 0 Å². The monoisotopic (exact) mass is 314 g/mol. The van der Waals surface area contributed by atoms with Crippen molar-refractivity contribution in [1.82, 2.24) is 14.9 Å². The van der Waals surface area contributed by atoms with Crippen LogP contribution in [0.1, 0.15) is 29.6 Å². The van der Waals surface area contributed by atoms with E-state index in [0.717, 1.165) is 38.2 Å². The first-order valence-electron chi connectivity index (χ1n) is 8.39. The Morgan fingerprint density at radius 1 is 1.39 bits per heavy atom. The summed E-state index contributed by atoms with van der Waals surface area (Å²) in [6.07, 6.45) is 7.09. The maximum atomic E-state index is 12.5. The highest BCUT2D eigenvalue weighted by molar-refractivity contribution is 6.01. The Kier molecular flexibility index (Phi) is 3.91. The van der Waals surface area contributed by atoms with Crippen LogP contribution in [0.25, 0.3) is 5.52 Å². The lowest BCUT2D eigenvalue weighted by Gasteiger charge is -2.17. The van der Waals surface area contributed by atoms with E-state index in [-0.39, 0.29) is 5.91 Å². The van der Waals surface area contributed by atoms with Gasteiger partial charge in [0, 0.05) is 44.0 Å². The summed E-state index contributed by atoms with van der Waals surface area (Å²) < 4.78 is 7.12. The fraction of sp³-hybridized carbons (Fsp3) is 0.529. The van der Waals surface area contributed by atoms with Gasteiger partial charge in [0.2, 0.25) is 0 Å². The average molecular weight is 314 g/mol. The van der Waals surface area contributed by atoms with E-state index < -0.39 is 0 Å². The number of anilines is 1. The lowest BCUT2D eigenvalue weighted by molar-refractivity contribution is 0.0946. The maximum Gasteiger partial charge on any atom is 0.255 e. The molecule has 2 aromatic heterocycles. The number of rotatable bonds is 4. The number of hydrogen-bond donors (Lipinski definition) is 1. The number of carbonyl (C=O) groups excluding carboxylic acids is 1. The van der Waals surface area contributed by atoms with Crippen LogP contribution in [0, 0.1) is 5.92 Å². The topological polar surface area (TPSA) is 58.9 Å².